The summed E-state index contributed by atoms with van der Waals surface area (Å²) in [6.45, 7) is 5.75. The lowest BCUT2D eigenvalue weighted by Crippen LogP contribution is -2.32. The summed E-state index contributed by atoms with van der Waals surface area (Å²) in [7, 11) is 3.92. The van der Waals surface area contributed by atoms with E-state index in [1.54, 1.807) is 41.3 Å². The van der Waals surface area contributed by atoms with Gasteiger partial charge in [0.2, 0.25) is 0 Å². The minimum absolute atomic E-state index is 0.0972. The number of unbranched alkanes of at least 4 members (excludes halogenated alkanes) is 1. The van der Waals surface area contributed by atoms with Crippen LogP contribution in [0.5, 0.6) is 5.75 Å². The lowest BCUT2D eigenvalue weighted by atomic mass is 9.94. The number of Topliss-reactive ketones (excluding diaryl/α,β-unsaturated/α-hetero) is 1. The van der Waals surface area contributed by atoms with Gasteiger partial charge in [0.15, 0.2) is 0 Å². The molecule has 0 aromatic heterocycles. The molecule has 0 spiro atoms. The van der Waals surface area contributed by atoms with Crippen molar-refractivity contribution in [1.29, 1.82) is 0 Å². The Kier molecular flexibility index (Phi) is 8.75. The zero-order chi connectivity index (χ0) is 24.8. The molecule has 0 saturated carbocycles. The summed E-state index contributed by atoms with van der Waals surface area (Å²) in [5.41, 5.74) is 2.10. The maximum absolute atomic E-state index is 13.2. The van der Waals surface area contributed by atoms with Crippen molar-refractivity contribution in [2.45, 2.75) is 39.2 Å². The second-order valence-electron chi connectivity index (χ2n) is 8.88. The van der Waals surface area contributed by atoms with Crippen molar-refractivity contribution in [3.8, 4) is 5.75 Å². The minimum Gasteiger partial charge on any atom is -0.507 e. The average molecular weight is 485 g/mol. The first-order valence-corrected chi connectivity index (χ1v) is 12.0. The van der Waals surface area contributed by atoms with Gasteiger partial charge < -0.3 is 19.6 Å². The van der Waals surface area contributed by atoms with Crippen molar-refractivity contribution in [1.82, 2.24) is 9.80 Å². The predicted molar refractivity (Wildman–Crippen MR) is 135 cm³/mol. The Morgan fingerprint density at radius 2 is 1.82 bits per heavy atom. The van der Waals surface area contributed by atoms with Gasteiger partial charge in [0.05, 0.1) is 18.2 Å². The van der Waals surface area contributed by atoms with Crippen molar-refractivity contribution in [3.63, 3.8) is 0 Å². The number of aliphatic hydroxyl groups excluding tert-OH is 1. The third kappa shape index (κ3) is 5.80. The quantitative estimate of drug-likeness (QED) is 0.217. The SMILES string of the molecule is CCCCOc1ccc(C(O)=C2C(=O)C(=O)N(CCCN(C)C)C2c2ccc(Cl)cc2)c(C)c1. The van der Waals surface area contributed by atoms with Gasteiger partial charge in [0.25, 0.3) is 11.7 Å². The highest BCUT2D eigenvalue weighted by Gasteiger charge is 2.45. The zero-order valence-electron chi connectivity index (χ0n) is 20.3. The van der Waals surface area contributed by atoms with Crippen LogP contribution in [-0.4, -0.2) is 60.4 Å². The van der Waals surface area contributed by atoms with E-state index in [2.05, 4.69) is 6.92 Å². The van der Waals surface area contributed by atoms with Crippen LogP contribution in [0.1, 0.15) is 48.9 Å². The van der Waals surface area contributed by atoms with Crippen LogP contribution in [-0.2, 0) is 9.59 Å². The number of amides is 1. The third-order valence-electron chi connectivity index (χ3n) is 5.95. The van der Waals surface area contributed by atoms with E-state index in [9.17, 15) is 14.7 Å². The van der Waals surface area contributed by atoms with E-state index >= 15 is 0 Å². The second-order valence-corrected chi connectivity index (χ2v) is 9.32. The number of ether oxygens (including phenoxy) is 1. The summed E-state index contributed by atoms with van der Waals surface area (Å²) in [6, 6.07) is 11.7. The van der Waals surface area contributed by atoms with Gasteiger partial charge in [-0.15, -0.1) is 0 Å². The number of hydrogen-bond donors (Lipinski definition) is 1. The Bertz CT molecular complexity index is 1060. The summed E-state index contributed by atoms with van der Waals surface area (Å²) in [6.07, 6.45) is 2.70. The highest BCUT2D eigenvalue weighted by atomic mass is 35.5. The van der Waals surface area contributed by atoms with Crippen molar-refractivity contribution >= 4 is 29.1 Å². The molecule has 2 aromatic rings. The van der Waals surface area contributed by atoms with E-state index in [4.69, 9.17) is 16.3 Å². The standard InChI is InChI=1S/C27H33ClN2O4/c1-5-6-16-34-21-12-13-22(18(2)17-21)25(31)23-24(19-8-10-20(28)11-9-19)30(27(33)26(23)32)15-7-14-29(3)4/h8-13,17,24,31H,5-7,14-16H2,1-4H3. The molecular formula is C27H33ClN2O4. The van der Waals surface area contributed by atoms with Gasteiger partial charge in [0.1, 0.15) is 11.5 Å². The van der Waals surface area contributed by atoms with E-state index < -0.39 is 17.7 Å². The molecular weight excluding hydrogens is 452 g/mol. The lowest BCUT2D eigenvalue weighted by Gasteiger charge is -2.26. The van der Waals surface area contributed by atoms with Crippen molar-refractivity contribution in [3.05, 3.63) is 69.8 Å². The fraction of sp³-hybridized carbons (Fsp3) is 0.407. The smallest absolute Gasteiger partial charge is 0.295 e. The van der Waals surface area contributed by atoms with Crippen LogP contribution in [0.2, 0.25) is 5.02 Å². The largest absolute Gasteiger partial charge is 0.507 e. The van der Waals surface area contributed by atoms with Gasteiger partial charge in [-0.1, -0.05) is 37.1 Å². The number of halogens is 1. The topological polar surface area (TPSA) is 70.1 Å². The zero-order valence-corrected chi connectivity index (χ0v) is 21.1. The van der Waals surface area contributed by atoms with E-state index in [0.717, 1.165) is 30.5 Å². The molecule has 1 unspecified atom stereocenters. The molecule has 1 amide bonds. The highest BCUT2D eigenvalue weighted by molar-refractivity contribution is 6.46. The molecule has 1 atom stereocenters. The van der Waals surface area contributed by atoms with Crippen LogP contribution in [0, 0.1) is 6.92 Å². The molecule has 1 heterocycles. The molecule has 1 aliphatic rings. The molecule has 0 aliphatic carbocycles. The fourth-order valence-corrected chi connectivity index (χ4v) is 4.26. The maximum Gasteiger partial charge on any atom is 0.295 e. The number of benzene rings is 2. The molecule has 1 N–H and O–H groups in total. The van der Waals surface area contributed by atoms with E-state index in [1.807, 2.05) is 32.0 Å². The van der Waals surface area contributed by atoms with Crippen molar-refractivity contribution in [2.75, 3.05) is 33.8 Å². The van der Waals surface area contributed by atoms with E-state index in [-0.39, 0.29) is 11.3 Å². The summed E-state index contributed by atoms with van der Waals surface area (Å²) in [5, 5.41) is 11.9. The molecule has 0 bridgehead atoms. The summed E-state index contributed by atoms with van der Waals surface area (Å²) in [4.78, 5) is 29.8. The highest BCUT2D eigenvalue weighted by Crippen LogP contribution is 2.40. The number of likely N-dealkylation sites (tertiary alicyclic amines) is 1. The van der Waals surface area contributed by atoms with Gasteiger partial charge in [-0.05, 0) is 81.9 Å². The number of nitrogens with zero attached hydrogens (tertiary/aromatic N) is 2. The summed E-state index contributed by atoms with van der Waals surface area (Å²) >= 11 is 6.08. The Morgan fingerprint density at radius 3 is 2.44 bits per heavy atom. The molecule has 2 aromatic carbocycles. The Morgan fingerprint density at radius 1 is 1.12 bits per heavy atom. The number of carbonyl (C=O) groups excluding carboxylic acids is 2. The van der Waals surface area contributed by atoms with Gasteiger partial charge in [-0.2, -0.15) is 0 Å². The first-order chi connectivity index (χ1) is 16.2. The number of rotatable bonds is 10. The Labute approximate surface area is 206 Å². The molecule has 1 saturated heterocycles. The van der Waals surface area contributed by atoms with Crippen molar-refractivity contribution < 1.29 is 19.4 Å². The molecule has 6 nitrogen and oxygen atoms in total. The number of aliphatic hydroxyl groups is 1. The minimum atomic E-state index is -0.681. The number of ketones is 1. The first kappa shape index (κ1) is 25.8. The molecule has 0 radical (unpaired) electrons. The maximum atomic E-state index is 13.2. The van der Waals surface area contributed by atoms with Crippen LogP contribution in [0.4, 0.5) is 0 Å². The molecule has 7 heteroatoms. The van der Waals surface area contributed by atoms with Crippen LogP contribution >= 0.6 is 11.6 Å². The Balaban J connectivity index is 2.02. The third-order valence-corrected chi connectivity index (χ3v) is 6.20. The normalized spacial score (nSPS) is 17.6. The first-order valence-electron chi connectivity index (χ1n) is 11.7. The average Bonchev–Trinajstić information content (AvgIpc) is 3.04. The van der Waals surface area contributed by atoms with Gasteiger partial charge in [-0.3, -0.25) is 9.59 Å². The van der Waals surface area contributed by atoms with Crippen LogP contribution in [0.15, 0.2) is 48.0 Å². The number of hydrogen-bond acceptors (Lipinski definition) is 5. The molecule has 3 rings (SSSR count). The van der Waals surface area contributed by atoms with Crippen molar-refractivity contribution in [2.24, 2.45) is 0 Å². The number of aryl methyl sites for hydroxylation is 1. The van der Waals surface area contributed by atoms with Crippen LogP contribution < -0.4 is 4.74 Å². The summed E-state index contributed by atoms with van der Waals surface area (Å²) < 4.78 is 5.76. The summed E-state index contributed by atoms with van der Waals surface area (Å²) in [5.74, 6) is -0.741. The van der Waals surface area contributed by atoms with Crippen LogP contribution in [0.3, 0.4) is 0 Å². The molecule has 1 aliphatic heterocycles. The van der Waals surface area contributed by atoms with Gasteiger partial charge in [0, 0.05) is 17.1 Å². The number of carbonyl (C=O) groups is 2. The fourth-order valence-electron chi connectivity index (χ4n) is 4.13. The van der Waals surface area contributed by atoms with E-state index in [0.29, 0.717) is 35.9 Å². The lowest BCUT2D eigenvalue weighted by molar-refractivity contribution is -0.139. The molecule has 182 valence electrons. The Hall–Kier alpha value is -2.83. The predicted octanol–water partition coefficient (Wildman–Crippen LogP) is 5.20. The molecule has 34 heavy (non-hydrogen) atoms. The van der Waals surface area contributed by atoms with Gasteiger partial charge in [-0.25, -0.2) is 0 Å². The monoisotopic (exact) mass is 484 g/mol. The van der Waals surface area contributed by atoms with Crippen LogP contribution in [0.25, 0.3) is 5.76 Å². The molecule has 1 fully saturated rings. The second kappa shape index (κ2) is 11.5. The van der Waals surface area contributed by atoms with E-state index in [1.165, 1.54) is 0 Å². The van der Waals surface area contributed by atoms with Gasteiger partial charge >= 0.3 is 0 Å².